The number of hydrazone groups is 2. The van der Waals surface area contributed by atoms with Gasteiger partial charge in [0.1, 0.15) is 0 Å². The third-order valence-corrected chi connectivity index (χ3v) is 5.22. The molecule has 6 heteroatoms. The van der Waals surface area contributed by atoms with Crippen molar-refractivity contribution < 1.29 is 9.59 Å². The number of amides is 2. The van der Waals surface area contributed by atoms with E-state index in [0.29, 0.717) is 11.4 Å². The predicted molar refractivity (Wildman–Crippen MR) is 129 cm³/mol. The van der Waals surface area contributed by atoms with Crippen LogP contribution in [0.1, 0.15) is 25.0 Å². The number of hydrogen-bond donors (Lipinski definition) is 2. The molecule has 0 atom stereocenters. The Kier molecular flexibility index (Phi) is 6.03. The van der Waals surface area contributed by atoms with E-state index < -0.39 is 11.8 Å². The summed E-state index contributed by atoms with van der Waals surface area (Å²) in [7, 11) is 0. The highest BCUT2D eigenvalue weighted by molar-refractivity contribution is 6.35. The molecule has 2 amide bonds. The van der Waals surface area contributed by atoms with Crippen LogP contribution < -0.4 is 10.9 Å². The average Bonchev–Trinajstić information content (AvgIpc) is 2.84. The van der Waals surface area contributed by atoms with Gasteiger partial charge in [0, 0.05) is 11.1 Å². The molecule has 0 heterocycles. The molecule has 6 nitrogen and oxygen atoms in total. The van der Waals surface area contributed by atoms with Gasteiger partial charge in [-0.3, -0.25) is 9.59 Å². The monoisotopic (exact) mass is 422 g/mol. The minimum Gasteiger partial charge on any atom is -0.262 e. The summed E-state index contributed by atoms with van der Waals surface area (Å²) in [5.41, 5.74) is 7.57. The molecule has 0 saturated carbocycles. The third kappa shape index (κ3) is 4.39. The van der Waals surface area contributed by atoms with E-state index in [0.717, 1.165) is 32.7 Å². The zero-order valence-corrected chi connectivity index (χ0v) is 17.8. The topological polar surface area (TPSA) is 82.9 Å². The van der Waals surface area contributed by atoms with Gasteiger partial charge in [-0.15, -0.1) is 0 Å². The number of rotatable bonds is 4. The number of fused-ring (bicyclic) bond motifs is 2. The van der Waals surface area contributed by atoms with Crippen LogP contribution in [0.2, 0.25) is 0 Å². The average molecular weight is 422 g/mol. The molecule has 0 aliphatic carbocycles. The standard InChI is InChI=1S/C26H22N4O2/c1-17(21-15-7-11-19-9-3-5-13-23(19)21)27-29-25(31)26(32)30-28-18(2)22-16-8-12-20-10-4-6-14-24(20)22/h3-16H,1-2H3,(H,29,31)(H,30,32)/b27-17+,28-18+. The van der Waals surface area contributed by atoms with E-state index in [-0.39, 0.29) is 0 Å². The van der Waals surface area contributed by atoms with Crippen LogP contribution in [0.4, 0.5) is 0 Å². The summed E-state index contributed by atoms with van der Waals surface area (Å²) in [5, 5.41) is 12.4. The summed E-state index contributed by atoms with van der Waals surface area (Å²) in [6.07, 6.45) is 0. The van der Waals surface area contributed by atoms with Gasteiger partial charge in [0.15, 0.2) is 0 Å². The molecule has 158 valence electrons. The van der Waals surface area contributed by atoms with Crippen LogP contribution in [0, 0.1) is 0 Å². The second-order valence-corrected chi connectivity index (χ2v) is 7.33. The Morgan fingerprint density at radius 3 is 1.38 bits per heavy atom. The molecule has 4 aromatic rings. The lowest BCUT2D eigenvalue weighted by Crippen LogP contribution is -2.36. The first kappa shape index (κ1) is 20.9. The van der Waals surface area contributed by atoms with Gasteiger partial charge in [-0.25, -0.2) is 10.9 Å². The number of nitrogens with zero attached hydrogens (tertiary/aromatic N) is 2. The fourth-order valence-corrected chi connectivity index (χ4v) is 3.57. The van der Waals surface area contributed by atoms with E-state index in [1.807, 2.05) is 84.9 Å². The summed E-state index contributed by atoms with van der Waals surface area (Å²) >= 11 is 0. The Labute approximate surface area is 185 Å². The molecule has 0 spiro atoms. The van der Waals surface area contributed by atoms with Crippen LogP contribution in [-0.4, -0.2) is 23.2 Å². The highest BCUT2D eigenvalue weighted by atomic mass is 16.2. The summed E-state index contributed by atoms with van der Waals surface area (Å²) < 4.78 is 0. The molecular formula is C26H22N4O2. The first-order valence-corrected chi connectivity index (χ1v) is 10.2. The molecule has 0 radical (unpaired) electrons. The van der Waals surface area contributed by atoms with E-state index in [2.05, 4.69) is 21.1 Å². The molecule has 0 aromatic heterocycles. The third-order valence-electron chi connectivity index (χ3n) is 5.22. The number of benzene rings is 4. The Hall–Kier alpha value is -4.32. The Bertz CT molecular complexity index is 1270. The van der Waals surface area contributed by atoms with Gasteiger partial charge < -0.3 is 0 Å². The molecule has 0 unspecified atom stereocenters. The van der Waals surface area contributed by atoms with Crippen molar-refractivity contribution in [3.05, 3.63) is 96.1 Å². The van der Waals surface area contributed by atoms with Crippen molar-refractivity contribution in [1.82, 2.24) is 10.9 Å². The maximum atomic E-state index is 12.2. The van der Waals surface area contributed by atoms with Gasteiger partial charge in [-0.2, -0.15) is 10.2 Å². The minimum atomic E-state index is -0.890. The summed E-state index contributed by atoms with van der Waals surface area (Å²) in [4.78, 5) is 24.4. The zero-order valence-electron chi connectivity index (χ0n) is 17.8. The van der Waals surface area contributed by atoms with Gasteiger partial charge in [0.05, 0.1) is 11.4 Å². The fourth-order valence-electron chi connectivity index (χ4n) is 3.57. The van der Waals surface area contributed by atoms with Crippen LogP contribution in [0.25, 0.3) is 21.5 Å². The molecule has 0 bridgehead atoms. The highest BCUT2D eigenvalue weighted by Gasteiger charge is 2.13. The van der Waals surface area contributed by atoms with Crippen LogP contribution in [0.5, 0.6) is 0 Å². The smallest absolute Gasteiger partial charge is 0.262 e. The predicted octanol–water partition coefficient (Wildman–Crippen LogP) is 4.37. The molecule has 4 aromatic carbocycles. The van der Waals surface area contributed by atoms with Crippen molar-refractivity contribution in [2.45, 2.75) is 13.8 Å². The second kappa shape index (κ2) is 9.22. The lowest BCUT2D eigenvalue weighted by Gasteiger charge is -2.07. The maximum absolute atomic E-state index is 12.2. The highest BCUT2D eigenvalue weighted by Crippen LogP contribution is 2.20. The van der Waals surface area contributed by atoms with Crippen molar-refractivity contribution in [3.63, 3.8) is 0 Å². The summed E-state index contributed by atoms with van der Waals surface area (Å²) in [6.45, 7) is 3.56. The summed E-state index contributed by atoms with van der Waals surface area (Å²) in [6, 6.07) is 27.5. The number of nitrogens with one attached hydrogen (secondary N) is 2. The van der Waals surface area contributed by atoms with Gasteiger partial charge in [-0.05, 0) is 35.4 Å². The normalized spacial score (nSPS) is 12.1. The molecule has 32 heavy (non-hydrogen) atoms. The summed E-state index contributed by atoms with van der Waals surface area (Å²) in [5.74, 6) is -1.78. The first-order valence-electron chi connectivity index (χ1n) is 10.2. The number of carbonyl (C=O) groups is 2. The Balaban J connectivity index is 1.45. The van der Waals surface area contributed by atoms with E-state index in [1.54, 1.807) is 13.8 Å². The Morgan fingerprint density at radius 1 is 0.562 bits per heavy atom. The second-order valence-electron chi connectivity index (χ2n) is 7.33. The van der Waals surface area contributed by atoms with Crippen molar-refractivity contribution in [3.8, 4) is 0 Å². The van der Waals surface area contributed by atoms with E-state index in [4.69, 9.17) is 0 Å². The van der Waals surface area contributed by atoms with Crippen molar-refractivity contribution in [1.29, 1.82) is 0 Å². The molecule has 0 fully saturated rings. The van der Waals surface area contributed by atoms with Gasteiger partial charge in [-0.1, -0.05) is 84.9 Å². The maximum Gasteiger partial charge on any atom is 0.331 e. The number of carbonyl (C=O) groups excluding carboxylic acids is 2. The van der Waals surface area contributed by atoms with Gasteiger partial charge >= 0.3 is 11.8 Å². The van der Waals surface area contributed by atoms with Crippen LogP contribution in [0.3, 0.4) is 0 Å². The first-order chi connectivity index (χ1) is 15.5. The van der Waals surface area contributed by atoms with Crippen LogP contribution in [0.15, 0.2) is 95.1 Å². The van der Waals surface area contributed by atoms with Crippen molar-refractivity contribution >= 4 is 44.8 Å². The van der Waals surface area contributed by atoms with E-state index >= 15 is 0 Å². The van der Waals surface area contributed by atoms with Crippen LogP contribution >= 0.6 is 0 Å². The lowest BCUT2D eigenvalue weighted by atomic mass is 10.0. The molecule has 4 rings (SSSR count). The van der Waals surface area contributed by atoms with Crippen molar-refractivity contribution in [2.24, 2.45) is 10.2 Å². The van der Waals surface area contributed by atoms with Crippen LogP contribution in [-0.2, 0) is 9.59 Å². The van der Waals surface area contributed by atoms with E-state index in [9.17, 15) is 9.59 Å². The molecule has 2 N–H and O–H groups in total. The van der Waals surface area contributed by atoms with E-state index in [1.165, 1.54) is 0 Å². The molecular weight excluding hydrogens is 400 g/mol. The van der Waals surface area contributed by atoms with Crippen molar-refractivity contribution in [2.75, 3.05) is 0 Å². The SMILES string of the molecule is C/C(=N\NC(=O)C(=O)N/N=C(\C)c1cccc2ccccc12)c1cccc2ccccc12. The minimum absolute atomic E-state index is 0.596. The zero-order chi connectivity index (χ0) is 22.5. The number of hydrogen-bond acceptors (Lipinski definition) is 4. The Morgan fingerprint density at radius 2 is 0.938 bits per heavy atom. The van der Waals surface area contributed by atoms with Gasteiger partial charge in [0.25, 0.3) is 0 Å². The van der Waals surface area contributed by atoms with Gasteiger partial charge in [0.2, 0.25) is 0 Å². The molecule has 0 aliphatic rings. The lowest BCUT2D eigenvalue weighted by molar-refractivity contribution is -0.139. The largest absolute Gasteiger partial charge is 0.331 e. The molecule has 0 saturated heterocycles. The fraction of sp³-hybridized carbons (Fsp3) is 0.0769. The molecule has 0 aliphatic heterocycles. The quantitative estimate of drug-likeness (QED) is 0.291.